The Morgan fingerprint density at radius 3 is 2.40 bits per heavy atom. The normalized spacial score (nSPS) is 14.3. The maximum absolute atomic E-state index is 12.4. The first kappa shape index (κ1) is 24.8. The molecule has 9 nitrogen and oxygen atoms in total. The van der Waals surface area contributed by atoms with Gasteiger partial charge in [-0.3, -0.25) is 0 Å². The van der Waals surface area contributed by atoms with Crippen molar-refractivity contribution >= 4 is 52.9 Å². The van der Waals surface area contributed by atoms with Gasteiger partial charge in [0.1, 0.15) is 5.75 Å². The molecule has 4 rings (SSSR count). The van der Waals surface area contributed by atoms with Gasteiger partial charge < -0.3 is 19.7 Å². The number of halogens is 5. The smallest absolute Gasteiger partial charge is 0.406 e. The van der Waals surface area contributed by atoms with E-state index in [1.54, 1.807) is 18.2 Å². The van der Waals surface area contributed by atoms with Gasteiger partial charge in [0.05, 0.1) is 24.5 Å². The van der Waals surface area contributed by atoms with Crippen LogP contribution in [-0.2, 0) is 4.74 Å². The summed E-state index contributed by atoms with van der Waals surface area (Å²) in [6.07, 6.45) is -3.28. The fourth-order valence-electron chi connectivity index (χ4n) is 3.01. The van der Waals surface area contributed by atoms with Crippen LogP contribution in [0.15, 0.2) is 47.6 Å². The van der Waals surface area contributed by atoms with Crippen LogP contribution >= 0.6 is 23.2 Å². The lowest BCUT2D eigenvalue weighted by Crippen LogP contribution is -2.37. The minimum Gasteiger partial charge on any atom is -0.406 e. The van der Waals surface area contributed by atoms with Crippen molar-refractivity contribution in [3.63, 3.8) is 0 Å². The Balaban J connectivity index is 1.54. The Hall–Kier alpha value is -3.35. The largest absolute Gasteiger partial charge is 0.573 e. The Morgan fingerprint density at radius 1 is 1.00 bits per heavy atom. The van der Waals surface area contributed by atoms with Gasteiger partial charge in [0.15, 0.2) is 0 Å². The van der Waals surface area contributed by atoms with Crippen molar-refractivity contribution in [1.29, 1.82) is 0 Å². The molecule has 2 heterocycles. The number of benzene rings is 2. The second-order valence-corrected chi connectivity index (χ2v) is 7.96. The van der Waals surface area contributed by atoms with Crippen molar-refractivity contribution in [2.24, 2.45) is 5.10 Å². The van der Waals surface area contributed by atoms with Gasteiger partial charge in [0.2, 0.25) is 17.8 Å². The van der Waals surface area contributed by atoms with Crippen LogP contribution < -0.4 is 20.4 Å². The van der Waals surface area contributed by atoms with Crippen molar-refractivity contribution in [3.05, 3.63) is 58.1 Å². The van der Waals surface area contributed by atoms with Crippen LogP contribution in [0.3, 0.4) is 0 Å². The molecule has 1 saturated heterocycles. The minimum absolute atomic E-state index is 0.141. The Kier molecular flexibility index (Phi) is 7.73. The summed E-state index contributed by atoms with van der Waals surface area (Å²) >= 11 is 12.1. The van der Waals surface area contributed by atoms with E-state index in [9.17, 15) is 13.2 Å². The average Bonchev–Trinajstić information content (AvgIpc) is 2.81. The number of nitrogens with one attached hydrogen (secondary N) is 2. The second kappa shape index (κ2) is 10.9. The molecule has 14 heteroatoms. The van der Waals surface area contributed by atoms with Crippen LogP contribution in [0.5, 0.6) is 5.75 Å². The third-order valence-electron chi connectivity index (χ3n) is 4.59. The zero-order valence-corrected chi connectivity index (χ0v) is 19.4. The fourth-order valence-corrected chi connectivity index (χ4v) is 3.47. The van der Waals surface area contributed by atoms with Crippen LogP contribution in [0, 0.1) is 0 Å². The molecule has 1 fully saturated rings. The van der Waals surface area contributed by atoms with Crippen molar-refractivity contribution in [1.82, 2.24) is 15.0 Å². The second-order valence-electron chi connectivity index (χ2n) is 7.12. The summed E-state index contributed by atoms with van der Waals surface area (Å²) in [6.45, 7) is 2.20. The summed E-state index contributed by atoms with van der Waals surface area (Å²) in [5, 5.41) is 8.01. The van der Waals surface area contributed by atoms with E-state index in [2.05, 4.69) is 35.5 Å². The van der Waals surface area contributed by atoms with Gasteiger partial charge in [-0.05, 0) is 36.4 Å². The van der Waals surface area contributed by atoms with Crippen molar-refractivity contribution in [3.8, 4) is 5.75 Å². The van der Waals surface area contributed by atoms with Gasteiger partial charge in [0, 0.05) is 29.4 Å². The molecule has 0 bridgehead atoms. The van der Waals surface area contributed by atoms with Crippen LogP contribution in [-0.4, -0.2) is 53.8 Å². The SMILES string of the molecule is FC(F)(F)Oc1ccc(Nc2nc(N/N=C/c3ccc(Cl)cc3Cl)nc(N3CCOCC3)n2)cc1. The van der Waals surface area contributed by atoms with E-state index >= 15 is 0 Å². The third-order valence-corrected chi connectivity index (χ3v) is 5.15. The summed E-state index contributed by atoms with van der Waals surface area (Å²) in [6, 6.07) is 10.2. The van der Waals surface area contributed by atoms with Crippen LogP contribution in [0.25, 0.3) is 0 Å². The average molecular weight is 528 g/mol. The molecular formula is C21H18Cl2F3N7O2. The lowest BCUT2D eigenvalue weighted by molar-refractivity contribution is -0.274. The number of hydrogen-bond acceptors (Lipinski definition) is 9. The molecular weight excluding hydrogens is 510 g/mol. The van der Waals surface area contributed by atoms with Crippen molar-refractivity contribution in [2.75, 3.05) is 41.9 Å². The number of hydrazone groups is 1. The molecule has 2 aromatic carbocycles. The van der Waals surface area contributed by atoms with E-state index < -0.39 is 6.36 Å². The molecule has 1 aliphatic heterocycles. The summed E-state index contributed by atoms with van der Waals surface area (Å²) in [5.41, 5.74) is 3.82. The Labute approximate surface area is 207 Å². The molecule has 3 aromatic rings. The molecule has 0 radical (unpaired) electrons. The monoisotopic (exact) mass is 527 g/mol. The van der Waals surface area contributed by atoms with E-state index in [-0.39, 0.29) is 17.6 Å². The maximum atomic E-state index is 12.4. The molecule has 0 saturated carbocycles. The van der Waals surface area contributed by atoms with Gasteiger partial charge in [-0.1, -0.05) is 29.3 Å². The van der Waals surface area contributed by atoms with Gasteiger partial charge in [-0.25, -0.2) is 5.43 Å². The van der Waals surface area contributed by atoms with E-state index in [1.165, 1.54) is 30.5 Å². The van der Waals surface area contributed by atoms with E-state index in [0.29, 0.717) is 53.5 Å². The molecule has 0 unspecified atom stereocenters. The summed E-state index contributed by atoms with van der Waals surface area (Å²) in [7, 11) is 0. The zero-order valence-electron chi connectivity index (χ0n) is 17.9. The molecule has 0 amide bonds. The summed E-state index contributed by atoms with van der Waals surface area (Å²) < 4.78 is 46.4. The van der Waals surface area contributed by atoms with Crippen LogP contribution in [0.1, 0.15) is 5.56 Å². The highest BCUT2D eigenvalue weighted by Crippen LogP contribution is 2.25. The first-order valence-electron chi connectivity index (χ1n) is 10.2. The molecule has 2 N–H and O–H groups in total. The maximum Gasteiger partial charge on any atom is 0.573 e. The van der Waals surface area contributed by atoms with Gasteiger partial charge in [0.25, 0.3) is 0 Å². The molecule has 0 spiro atoms. The standard InChI is InChI=1S/C21H18Cl2F3N7O2/c22-14-2-1-13(17(23)11-14)12-27-32-19-29-18(30-20(31-19)33-7-9-34-10-8-33)28-15-3-5-16(6-4-15)35-21(24,25)26/h1-6,11-12H,7-10H2,(H2,28,29,30,31,32)/b27-12+. The topological polar surface area (TPSA) is 96.8 Å². The van der Waals surface area contributed by atoms with Crippen LogP contribution in [0.2, 0.25) is 10.0 Å². The van der Waals surface area contributed by atoms with Crippen molar-refractivity contribution < 1.29 is 22.6 Å². The Bertz CT molecular complexity index is 1190. The van der Waals surface area contributed by atoms with Gasteiger partial charge >= 0.3 is 6.36 Å². The van der Waals surface area contributed by atoms with E-state index in [4.69, 9.17) is 27.9 Å². The highest BCUT2D eigenvalue weighted by molar-refractivity contribution is 6.36. The molecule has 0 aliphatic carbocycles. The van der Waals surface area contributed by atoms with Crippen molar-refractivity contribution in [2.45, 2.75) is 6.36 Å². The highest BCUT2D eigenvalue weighted by Gasteiger charge is 2.31. The van der Waals surface area contributed by atoms with E-state index in [1.807, 2.05) is 4.90 Å². The van der Waals surface area contributed by atoms with E-state index in [0.717, 1.165) is 0 Å². The third kappa shape index (κ3) is 7.31. The minimum atomic E-state index is -4.77. The number of nitrogens with zero attached hydrogens (tertiary/aromatic N) is 5. The predicted octanol–water partition coefficient (Wildman–Crippen LogP) is 5.10. The number of rotatable bonds is 7. The molecule has 0 atom stereocenters. The van der Waals surface area contributed by atoms with Crippen LogP contribution in [0.4, 0.5) is 36.7 Å². The number of morpholine rings is 1. The number of ether oxygens (including phenoxy) is 2. The molecule has 35 heavy (non-hydrogen) atoms. The number of hydrogen-bond donors (Lipinski definition) is 2. The van der Waals surface area contributed by atoms with Gasteiger partial charge in [-0.2, -0.15) is 20.1 Å². The Morgan fingerprint density at radius 2 is 1.71 bits per heavy atom. The highest BCUT2D eigenvalue weighted by atomic mass is 35.5. The predicted molar refractivity (Wildman–Crippen MR) is 127 cm³/mol. The molecule has 1 aliphatic rings. The first-order valence-corrected chi connectivity index (χ1v) is 11.0. The number of aromatic nitrogens is 3. The molecule has 184 valence electrons. The van der Waals surface area contributed by atoms with Gasteiger partial charge in [-0.15, -0.1) is 13.2 Å². The molecule has 1 aromatic heterocycles. The first-order chi connectivity index (χ1) is 16.7. The zero-order chi connectivity index (χ0) is 24.8. The number of anilines is 4. The summed E-state index contributed by atoms with van der Waals surface area (Å²) in [4.78, 5) is 15.0. The fraction of sp³-hybridized carbons (Fsp3) is 0.238. The lowest BCUT2D eigenvalue weighted by Gasteiger charge is -2.27. The number of alkyl halides is 3. The summed E-state index contributed by atoms with van der Waals surface area (Å²) in [5.74, 6) is 0.339. The lowest BCUT2D eigenvalue weighted by atomic mass is 10.2. The quantitative estimate of drug-likeness (QED) is 0.323.